The van der Waals surface area contributed by atoms with Gasteiger partial charge in [0.05, 0.1) is 6.04 Å². The monoisotopic (exact) mass is 729 g/mol. The number of carbonyl (C=O) groups excluding carboxylic acids is 4. The van der Waals surface area contributed by atoms with Crippen LogP contribution in [-0.4, -0.2) is 78.0 Å². The van der Waals surface area contributed by atoms with Gasteiger partial charge in [-0.2, -0.15) is 0 Å². The third-order valence-corrected chi connectivity index (χ3v) is 7.41. The lowest BCUT2D eigenvalue weighted by molar-refractivity contribution is -0.133. The molecule has 15 nitrogen and oxygen atoms in total. The fourth-order valence-electron chi connectivity index (χ4n) is 4.75. The van der Waals surface area contributed by atoms with Gasteiger partial charge in [0.2, 0.25) is 29.4 Å². The molecule has 0 aliphatic heterocycles. The molecule has 2 aromatic rings. The molecule has 4 atom stereocenters. The Labute approximate surface area is 288 Å². The first-order valence-electron chi connectivity index (χ1n) is 15.6. The topological polar surface area (TPSA) is 270 Å². The first-order valence-corrected chi connectivity index (χ1v) is 15.6. The highest BCUT2D eigenvalue weighted by molar-refractivity contribution is 5.94. The van der Waals surface area contributed by atoms with Gasteiger partial charge in [-0.15, -0.1) is 0 Å². The lowest BCUT2D eigenvalue weighted by atomic mass is 10.0. The van der Waals surface area contributed by atoms with Gasteiger partial charge in [-0.3, -0.25) is 24.2 Å². The highest BCUT2D eigenvalue weighted by atomic mass is 19.2. The maximum absolute atomic E-state index is 14.7. The van der Waals surface area contributed by atoms with Crippen molar-refractivity contribution in [2.24, 2.45) is 27.9 Å². The average Bonchev–Trinajstić information content (AvgIpc) is 3.08. The number of nitrogens with one attached hydrogen (secondary N) is 4. The van der Waals surface area contributed by atoms with Gasteiger partial charge in [0.1, 0.15) is 18.1 Å². The first-order chi connectivity index (χ1) is 24.0. The van der Waals surface area contributed by atoms with Crippen LogP contribution in [0.4, 0.5) is 26.7 Å². The molecule has 2 rings (SSSR count). The minimum absolute atomic E-state index is 0.0149. The number of nitrogens with two attached hydrogens (primary N) is 4. The van der Waals surface area contributed by atoms with Gasteiger partial charge in [0.15, 0.2) is 29.2 Å². The summed E-state index contributed by atoms with van der Waals surface area (Å²) in [5.41, 5.74) is 21.3. The Morgan fingerprint density at radius 3 is 1.78 bits per heavy atom. The number of amides is 5. The maximum atomic E-state index is 14.7. The van der Waals surface area contributed by atoms with Crippen LogP contribution in [0.5, 0.6) is 0 Å². The van der Waals surface area contributed by atoms with Crippen LogP contribution >= 0.6 is 0 Å². The Morgan fingerprint density at radius 2 is 1.22 bits per heavy atom. The van der Waals surface area contributed by atoms with E-state index in [1.807, 2.05) is 0 Å². The van der Waals surface area contributed by atoms with Gasteiger partial charge >= 0.3 is 6.09 Å². The van der Waals surface area contributed by atoms with Crippen molar-refractivity contribution in [2.45, 2.75) is 69.1 Å². The number of hydrogen-bond donors (Lipinski definition) is 9. The SMILES string of the molecule is NC(=O)[C@H](CCCCNC(=O)O)NC(=O)[C@H](Cc1c(F)c(F)c(F)c(F)c1F)NC(=O)[C@@H](CCCN=C(N)N)NC(=O)[C@@H](N)Cc1ccccc1. The van der Waals surface area contributed by atoms with Crippen LogP contribution in [0.15, 0.2) is 35.3 Å². The zero-order valence-corrected chi connectivity index (χ0v) is 27.2. The van der Waals surface area contributed by atoms with Crippen molar-refractivity contribution in [3.05, 3.63) is 70.5 Å². The molecule has 5 amide bonds. The number of unbranched alkanes of at least 4 members (excludes halogenated alkanes) is 1. The standard InChI is InChI=1S/C31H40F5N9O6/c32-21-16(22(33)24(35)25(36)23(21)34)14-20(29(49)43-18(26(38)46)9-4-5-11-42-31(50)51)45-28(48)19(10-6-12-41-30(39)40)44-27(47)17(37)13-15-7-2-1-3-8-15/h1-3,7-8,17-20,42H,4-6,9-14,37H2,(H2,38,46)(H,43,49)(H,44,47)(H,45,48)(H,50,51)(H4,39,40,41)/t17-,18-,19+,20-/m0/s1. The average molecular weight is 730 g/mol. The molecule has 0 saturated carbocycles. The molecule has 0 unspecified atom stereocenters. The number of nitrogens with zero attached hydrogens (tertiary/aromatic N) is 1. The number of carbonyl (C=O) groups is 5. The van der Waals surface area contributed by atoms with Crippen molar-refractivity contribution in [2.75, 3.05) is 13.1 Å². The molecule has 0 saturated heterocycles. The molecule has 51 heavy (non-hydrogen) atoms. The number of halogens is 5. The van der Waals surface area contributed by atoms with Crippen LogP contribution < -0.4 is 44.2 Å². The van der Waals surface area contributed by atoms with E-state index in [1.54, 1.807) is 30.3 Å². The Kier molecular flexibility index (Phi) is 16.5. The number of aliphatic imine (C=N–C) groups is 1. The predicted octanol–water partition coefficient (Wildman–Crippen LogP) is -0.0742. The molecule has 0 aliphatic carbocycles. The van der Waals surface area contributed by atoms with Crippen molar-refractivity contribution in [1.82, 2.24) is 21.3 Å². The van der Waals surface area contributed by atoms with Gasteiger partial charge in [-0.25, -0.2) is 26.7 Å². The summed E-state index contributed by atoms with van der Waals surface area (Å²) < 4.78 is 71.4. The molecule has 0 radical (unpaired) electrons. The highest BCUT2D eigenvalue weighted by Gasteiger charge is 2.34. The predicted molar refractivity (Wildman–Crippen MR) is 173 cm³/mol. The van der Waals surface area contributed by atoms with E-state index in [0.717, 1.165) is 0 Å². The molecule has 0 heterocycles. The van der Waals surface area contributed by atoms with Gasteiger partial charge in [-0.05, 0) is 44.1 Å². The largest absolute Gasteiger partial charge is 0.465 e. The van der Waals surface area contributed by atoms with E-state index in [0.29, 0.717) is 5.56 Å². The summed E-state index contributed by atoms with van der Waals surface area (Å²) in [6.07, 6.45) is -2.49. The Balaban J connectivity index is 2.40. The number of benzene rings is 2. The fraction of sp³-hybridized carbons (Fsp3) is 0.419. The van der Waals surface area contributed by atoms with E-state index in [2.05, 4.69) is 26.3 Å². The normalized spacial score (nSPS) is 13.2. The summed E-state index contributed by atoms with van der Waals surface area (Å²) in [5, 5.41) is 17.6. The van der Waals surface area contributed by atoms with Crippen molar-refractivity contribution < 1.29 is 51.0 Å². The number of rotatable bonds is 20. The summed E-state index contributed by atoms with van der Waals surface area (Å²) in [6.45, 7) is -0.0339. The molecule has 0 spiro atoms. The van der Waals surface area contributed by atoms with Crippen molar-refractivity contribution in [3.8, 4) is 0 Å². The van der Waals surface area contributed by atoms with Gasteiger partial charge < -0.3 is 49.3 Å². The highest BCUT2D eigenvalue weighted by Crippen LogP contribution is 2.24. The molecule has 0 aromatic heterocycles. The third kappa shape index (κ3) is 13.4. The van der Waals surface area contributed by atoms with Crippen LogP contribution in [0.2, 0.25) is 0 Å². The number of carboxylic acid groups (broad SMARTS) is 1. The second-order valence-corrected chi connectivity index (χ2v) is 11.3. The van der Waals surface area contributed by atoms with Crippen LogP contribution in [0, 0.1) is 29.1 Å². The van der Waals surface area contributed by atoms with Crippen molar-refractivity contribution in [1.29, 1.82) is 0 Å². The zero-order chi connectivity index (χ0) is 38.2. The van der Waals surface area contributed by atoms with Gasteiger partial charge in [0.25, 0.3) is 0 Å². The quantitative estimate of drug-likeness (QED) is 0.0220. The van der Waals surface area contributed by atoms with Crippen molar-refractivity contribution in [3.63, 3.8) is 0 Å². The second kappa shape index (κ2) is 20.2. The second-order valence-electron chi connectivity index (χ2n) is 11.3. The van der Waals surface area contributed by atoms with Crippen LogP contribution in [0.25, 0.3) is 0 Å². The summed E-state index contributed by atoms with van der Waals surface area (Å²) in [5.74, 6) is -16.2. The molecule has 0 aliphatic rings. The van der Waals surface area contributed by atoms with E-state index in [4.69, 9.17) is 28.0 Å². The molecule has 0 fully saturated rings. The van der Waals surface area contributed by atoms with E-state index < -0.39 is 95.0 Å². The van der Waals surface area contributed by atoms with Gasteiger partial charge in [-0.1, -0.05) is 30.3 Å². The smallest absolute Gasteiger partial charge is 0.404 e. The number of hydrogen-bond acceptors (Lipinski definition) is 7. The molecule has 280 valence electrons. The maximum Gasteiger partial charge on any atom is 0.404 e. The minimum Gasteiger partial charge on any atom is -0.465 e. The van der Waals surface area contributed by atoms with Crippen LogP contribution in [0.3, 0.4) is 0 Å². The third-order valence-electron chi connectivity index (χ3n) is 7.41. The number of primary amides is 1. The van der Waals surface area contributed by atoms with Crippen LogP contribution in [-0.2, 0) is 32.0 Å². The molecular formula is C31H40F5N9O6. The van der Waals surface area contributed by atoms with E-state index in [-0.39, 0.29) is 57.6 Å². The Hall–Kier alpha value is -5.53. The van der Waals surface area contributed by atoms with E-state index in [1.165, 1.54) is 0 Å². The van der Waals surface area contributed by atoms with Crippen molar-refractivity contribution >= 4 is 35.7 Å². The minimum atomic E-state index is -2.46. The zero-order valence-electron chi connectivity index (χ0n) is 27.2. The van der Waals surface area contributed by atoms with Gasteiger partial charge in [0, 0.05) is 25.1 Å². The van der Waals surface area contributed by atoms with E-state index >= 15 is 0 Å². The lowest BCUT2D eigenvalue weighted by Crippen LogP contribution is -2.58. The molecular weight excluding hydrogens is 689 g/mol. The molecule has 2 aromatic carbocycles. The lowest BCUT2D eigenvalue weighted by Gasteiger charge is -2.26. The summed E-state index contributed by atoms with van der Waals surface area (Å²) in [7, 11) is 0. The summed E-state index contributed by atoms with van der Waals surface area (Å²) in [6, 6.07) is 2.37. The first kappa shape index (κ1) is 41.6. The molecule has 20 heteroatoms. The van der Waals surface area contributed by atoms with Crippen LogP contribution in [0.1, 0.15) is 43.2 Å². The molecule has 13 N–H and O–H groups in total. The number of guanidine groups is 1. The van der Waals surface area contributed by atoms with E-state index in [9.17, 15) is 45.9 Å². The Bertz CT molecular complexity index is 1550. The summed E-state index contributed by atoms with van der Waals surface area (Å²) in [4.78, 5) is 66.6. The Morgan fingerprint density at radius 1 is 0.686 bits per heavy atom. The fourth-order valence-corrected chi connectivity index (χ4v) is 4.75. The summed E-state index contributed by atoms with van der Waals surface area (Å²) >= 11 is 0. The molecule has 0 bridgehead atoms.